The number of nitrogens with zero attached hydrogens (tertiary/aromatic N) is 1. The molecule has 4 heteroatoms. The van der Waals surface area contributed by atoms with E-state index in [1.54, 1.807) is 30.1 Å². The van der Waals surface area contributed by atoms with E-state index >= 15 is 0 Å². The smallest absolute Gasteiger partial charge is 0.254 e. The summed E-state index contributed by atoms with van der Waals surface area (Å²) >= 11 is 0. The topological polar surface area (TPSA) is 29.5 Å². The molecule has 0 N–H and O–H groups in total. The number of benzene rings is 3. The fraction of sp³-hybridized carbons (Fsp3) is 0.227. The summed E-state index contributed by atoms with van der Waals surface area (Å²) in [5, 5.41) is 2.25. The lowest BCUT2D eigenvalue weighted by molar-refractivity contribution is 0.0775. The van der Waals surface area contributed by atoms with E-state index in [2.05, 4.69) is 12.1 Å². The molecule has 0 aliphatic heterocycles. The number of aryl methyl sites for hydroxylation is 2. The third-order valence-corrected chi connectivity index (χ3v) is 4.97. The lowest BCUT2D eigenvalue weighted by atomic mass is 9.99. The molecule has 26 heavy (non-hydrogen) atoms. The summed E-state index contributed by atoms with van der Waals surface area (Å²) in [5.41, 5.74) is 3.34. The predicted molar refractivity (Wildman–Crippen MR) is 100 cm³/mol. The van der Waals surface area contributed by atoms with Gasteiger partial charge >= 0.3 is 0 Å². The van der Waals surface area contributed by atoms with Crippen LogP contribution in [0.5, 0.6) is 5.75 Å². The minimum atomic E-state index is -0.394. The van der Waals surface area contributed by atoms with Crippen LogP contribution in [0.25, 0.3) is 10.8 Å². The summed E-state index contributed by atoms with van der Waals surface area (Å²) in [6.07, 6.45) is 2.08. The number of hydrogen-bond acceptors (Lipinski definition) is 2. The normalized spacial score (nSPS) is 12.4. The molecule has 1 aliphatic rings. The van der Waals surface area contributed by atoms with Gasteiger partial charge in [0.2, 0.25) is 0 Å². The fourth-order valence-electron chi connectivity index (χ4n) is 3.59. The average molecular weight is 349 g/mol. The molecule has 1 amide bonds. The molecule has 3 nitrogen and oxygen atoms in total. The fourth-order valence-corrected chi connectivity index (χ4v) is 3.59. The Labute approximate surface area is 152 Å². The number of carbonyl (C=O) groups is 1. The van der Waals surface area contributed by atoms with Crippen LogP contribution in [0.3, 0.4) is 0 Å². The van der Waals surface area contributed by atoms with E-state index in [0.717, 1.165) is 18.2 Å². The summed E-state index contributed by atoms with van der Waals surface area (Å²) in [6, 6.07) is 16.4. The molecule has 1 aliphatic carbocycles. The lowest BCUT2D eigenvalue weighted by Crippen LogP contribution is -2.31. The van der Waals surface area contributed by atoms with E-state index in [1.807, 2.05) is 18.2 Å². The largest absolute Gasteiger partial charge is 0.489 e. The first kappa shape index (κ1) is 16.6. The number of amides is 1. The Morgan fingerprint density at radius 2 is 1.81 bits per heavy atom. The van der Waals surface area contributed by atoms with Crippen LogP contribution in [0.15, 0.2) is 54.6 Å². The van der Waals surface area contributed by atoms with E-state index in [9.17, 15) is 9.18 Å². The number of ether oxygens (including phenoxy) is 1. The Balaban J connectivity index is 1.49. The molecule has 3 aromatic rings. The van der Waals surface area contributed by atoms with Crippen molar-refractivity contribution in [3.63, 3.8) is 0 Å². The van der Waals surface area contributed by atoms with Crippen molar-refractivity contribution in [2.75, 3.05) is 20.2 Å². The molecule has 0 spiro atoms. The second-order valence-electron chi connectivity index (χ2n) is 6.62. The molecule has 0 unspecified atom stereocenters. The minimum absolute atomic E-state index is 0.0438. The van der Waals surface area contributed by atoms with E-state index in [4.69, 9.17) is 4.74 Å². The second kappa shape index (κ2) is 6.79. The number of carbonyl (C=O) groups excluding carboxylic acids is 1. The average Bonchev–Trinajstić information content (AvgIpc) is 3.08. The van der Waals surface area contributed by atoms with Gasteiger partial charge in [-0.3, -0.25) is 4.79 Å². The summed E-state index contributed by atoms with van der Waals surface area (Å²) in [5.74, 6) is -0.231. The predicted octanol–water partition coefficient (Wildman–Crippen LogP) is 4.23. The first-order chi connectivity index (χ1) is 12.6. The van der Waals surface area contributed by atoms with Crippen LogP contribution in [0, 0.1) is 5.82 Å². The van der Waals surface area contributed by atoms with Gasteiger partial charge in [0.1, 0.15) is 6.61 Å². The second-order valence-corrected chi connectivity index (χ2v) is 6.62. The van der Waals surface area contributed by atoms with Crippen LogP contribution in [0.1, 0.15) is 21.5 Å². The molecule has 0 heterocycles. The van der Waals surface area contributed by atoms with E-state index in [0.29, 0.717) is 12.1 Å². The molecule has 0 saturated carbocycles. The van der Waals surface area contributed by atoms with Gasteiger partial charge in [-0.2, -0.15) is 0 Å². The molecule has 132 valence electrons. The zero-order valence-corrected chi connectivity index (χ0v) is 14.7. The SMILES string of the molecule is CN(CCOc1ccccc1F)C(=O)c1ccc2c3c(cccc13)CC2. The van der Waals surface area contributed by atoms with Crippen molar-refractivity contribution in [2.24, 2.45) is 0 Å². The van der Waals surface area contributed by atoms with Crippen LogP contribution in [-0.2, 0) is 12.8 Å². The first-order valence-electron chi connectivity index (χ1n) is 8.81. The van der Waals surface area contributed by atoms with Gasteiger partial charge in [-0.15, -0.1) is 0 Å². The highest BCUT2D eigenvalue weighted by Crippen LogP contribution is 2.33. The maximum absolute atomic E-state index is 13.6. The Kier molecular flexibility index (Phi) is 4.33. The number of para-hydroxylation sites is 1. The Hall–Kier alpha value is -2.88. The molecular weight excluding hydrogens is 329 g/mol. The maximum Gasteiger partial charge on any atom is 0.254 e. The number of rotatable bonds is 5. The number of hydrogen-bond donors (Lipinski definition) is 0. The van der Waals surface area contributed by atoms with Crippen LogP contribution in [0.4, 0.5) is 4.39 Å². The highest BCUT2D eigenvalue weighted by Gasteiger charge is 2.20. The minimum Gasteiger partial charge on any atom is -0.489 e. The van der Waals surface area contributed by atoms with Gasteiger partial charge in [-0.05, 0) is 52.9 Å². The van der Waals surface area contributed by atoms with Gasteiger partial charge in [0.25, 0.3) is 5.91 Å². The van der Waals surface area contributed by atoms with Gasteiger partial charge < -0.3 is 9.64 Å². The Bertz CT molecular complexity index is 973. The zero-order chi connectivity index (χ0) is 18.1. The van der Waals surface area contributed by atoms with Crippen molar-refractivity contribution >= 4 is 16.7 Å². The summed E-state index contributed by atoms with van der Waals surface area (Å²) in [4.78, 5) is 14.5. The van der Waals surface area contributed by atoms with Crippen LogP contribution >= 0.6 is 0 Å². The molecule has 0 aromatic heterocycles. The molecule has 0 fully saturated rings. The quantitative estimate of drug-likeness (QED) is 0.690. The summed E-state index contributed by atoms with van der Waals surface area (Å²) < 4.78 is 19.0. The van der Waals surface area contributed by atoms with Gasteiger partial charge in [-0.25, -0.2) is 4.39 Å². The van der Waals surface area contributed by atoms with Crippen molar-refractivity contribution < 1.29 is 13.9 Å². The Morgan fingerprint density at radius 1 is 1.04 bits per heavy atom. The molecule has 0 saturated heterocycles. The molecule has 3 aromatic carbocycles. The molecule has 0 bridgehead atoms. The third kappa shape index (κ3) is 2.92. The molecule has 0 radical (unpaired) electrons. The molecular formula is C22H20FNO2. The summed E-state index contributed by atoms with van der Waals surface area (Å²) in [7, 11) is 1.75. The highest BCUT2D eigenvalue weighted by molar-refractivity contribution is 6.09. The van der Waals surface area contributed by atoms with Gasteiger partial charge in [0, 0.05) is 12.6 Å². The number of halogens is 1. The van der Waals surface area contributed by atoms with Gasteiger partial charge in [0.15, 0.2) is 11.6 Å². The Morgan fingerprint density at radius 3 is 2.62 bits per heavy atom. The third-order valence-electron chi connectivity index (χ3n) is 4.97. The van der Waals surface area contributed by atoms with Crippen LogP contribution in [-0.4, -0.2) is 31.0 Å². The zero-order valence-electron chi connectivity index (χ0n) is 14.7. The van der Waals surface area contributed by atoms with Gasteiger partial charge in [-0.1, -0.05) is 36.4 Å². The van der Waals surface area contributed by atoms with Crippen molar-refractivity contribution in [1.29, 1.82) is 0 Å². The maximum atomic E-state index is 13.6. The first-order valence-corrected chi connectivity index (χ1v) is 8.81. The van der Waals surface area contributed by atoms with E-state index < -0.39 is 5.82 Å². The van der Waals surface area contributed by atoms with E-state index in [1.165, 1.54) is 22.6 Å². The van der Waals surface area contributed by atoms with Crippen molar-refractivity contribution in [2.45, 2.75) is 12.8 Å². The van der Waals surface area contributed by atoms with Crippen molar-refractivity contribution in [3.05, 3.63) is 77.1 Å². The van der Waals surface area contributed by atoms with Crippen LogP contribution < -0.4 is 4.74 Å². The van der Waals surface area contributed by atoms with E-state index in [-0.39, 0.29) is 18.3 Å². The standard InChI is InChI=1S/C22H20FNO2/c1-24(13-14-26-20-8-3-2-7-19(20)23)22(25)18-12-11-16-10-9-15-5-4-6-17(18)21(15)16/h2-8,11-12H,9-10,13-14H2,1H3. The lowest BCUT2D eigenvalue weighted by Gasteiger charge is -2.19. The molecule has 0 atom stereocenters. The highest BCUT2D eigenvalue weighted by atomic mass is 19.1. The monoisotopic (exact) mass is 349 g/mol. The molecule has 4 rings (SSSR count). The van der Waals surface area contributed by atoms with Crippen molar-refractivity contribution in [3.8, 4) is 5.75 Å². The van der Waals surface area contributed by atoms with Gasteiger partial charge in [0.05, 0.1) is 6.54 Å². The summed E-state index contributed by atoms with van der Waals surface area (Å²) in [6.45, 7) is 0.626. The number of likely N-dealkylation sites (N-methyl/N-ethyl adjacent to an activating group) is 1. The van der Waals surface area contributed by atoms with Crippen LogP contribution in [0.2, 0.25) is 0 Å². The van der Waals surface area contributed by atoms with Crippen molar-refractivity contribution in [1.82, 2.24) is 4.90 Å².